The second kappa shape index (κ2) is 7.75. The van der Waals surface area contributed by atoms with Crippen LogP contribution in [0.5, 0.6) is 0 Å². The van der Waals surface area contributed by atoms with Gasteiger partial charge in [-0.15, -0.1) is 0 Å². The summed E-state index contributed by atoms with van der Waals surface area (Å²) < 4.78 is 0. The van der Waals surface area contributed by atoms with E-state index >= 15 is 0 Å². The molecule has 0 radical (unpaired) electrons. The Morgan fingerprint density at radius 2 is 1.57 bits per heavy atom. The summed E-state index contributed by atoms with van der Waals surface area (Å²) in [6.45, 7) is 1.85. The highest BCUT2D eigenvalue weighted by Gasteiger charge is 2.19. The molecule has 2 fully saturated rings. The zero-order chi connectivity index (χ0) is 16.1. The minimum atomic E-state index is -0.0585. The van der Waals surface area contributed by atoms with E-state index in [1.165, 1.54) is 51.4 Å². The van der Waals surface area contributed by atoms with Crippen LogP contribution < -0.4 is 10.6 Å². The molecule has 0 saturated heterocycles. The van der Waals surface area contributed by atoms with Crippen molar-refractivity contribution in [1.82, 2.24) is 15.3 Å². The fourth-order valence-corrected chi connectivity index (χ4v) is 3.72. The number of nitrogens with zero attached hydrogens (tertiary/aromatic N) is 2. The molecule has 0 bridgehead atoms. The number of rotatable bonds is 4. The molecule has 0 aromatic carbocycles. The molecule has 0 spiro atoms. The lowest BCUT2D eigenvalue weighted by atomic mass is 10.1. The number of aromatic nitrogens is 2. The van der Waals surface area contributed by atoms with Crippen LogP contribution in [0.15, 0.2) is 6.07 Å². The van der Waals surface area contributed by atoms with E-state index in [0.29, 0.717) is 23.6 Å². The van der Waals surface area contributed by atoms with Crippen molar-refractivity contribution in [2.75, 3.05) is 5.32 Å². The summed E-state index contributed by atoms with van der Waals surface area (Å²) in [4.78, 5) is 21.3. The molecule has 1 heterocycles. The van der Waals surface area contributed by atoms with E-state index < -0.39 is 0 Å². The van der Waals surface area contributed by atoms with Crippen LogP contribution in [0.25, 0.3) is 0 Å². The molecule has 2 saturated carbocycles. The standard InChI is InChI=1S/C18H28N4O/c1-13-19-16(12-17(20-13)21-14-10-6-7-11-14)18(23)22-15-8-4-2-3-5-9-15/h12,14-15H,2-11H2,1H3,(H,22,23)(H,19,20,21). The van der Waals surface area contributed by atoms with Crippen LogP contribution in [0.2, 0.25) is 0 Å². The van der Waals surface area contributed by atoms with Gasteiger partial charge in [-0.05, 0) is 32.6 Å². The summed E-state index contributed by atoms with van der Waals surface area (Å²) in [6, 6.07) is 2.59. The third kappa shape index (κ3) is 4.66. The Hall–Kier alpha value is -1.65. The van der Waals surface area contributed by atoms with Crippen LogP contribution in [-0.2, 0) is 0 Å². The van der Waals surface area contributed by atoms with E-state index in [0.717, 1.165) is 18.7 Å². The zero-order valence-electron chi connectivity index (χ0n) is 14.1. The van der Waals surface area contributed by atoms with E-state index in [1.807, 2.05) is 6.92 Å². The van der Waals surface area contributed by atoms with Gasteiger partial charge in [-0.25, -0.2) is 9.97 Å². The second-order valence-corrected chi connectivity index (χ2v) is 6.97. The quantitative estimate of drug-likeness (QED) is 0.833. The molecule has 1 amide bonds. The van der Waals surface area contributed by atoms with Crippen molar-refractivity contribution in [2.24, 2.45) is 0 Å². The summed E-state index contributed by atoms with van der Waals surface area (Å²) in [7, 11) is 0. The van der Waals surface area contributed by atoms with Gasteiger partial charge in [0.05, 0.1) is 0 Å². The normalized spacial score (nSPS) is 20.2. The largest absolute Gasteiger partial charge is 0.367 e. The summed E-state index contributed by atoms with van der Waals surface area (Å²) in [5.41, 5.74) is 0.488. The third-order valence-corrected chi connectivity index (χ3v) is 4.97. The molecule has 0 unspecified atom stereocenters. The maximum atomic E-state index is 12.5. The molecule has 0 aliphatic heterocycles. The van der Waals surface area contributed by atoms with Gasteiger partial charge in [0, 0.05) is 18.2 Å². The van der Waals surface area contributed by atoms with Gasteiger partial charge in [-0.1, -0.05) is 38.5 Å². The number of hydrogen-bond donors (Lipinski definition) is 2. The molecule has 1 aromatic rings. The van der Waals surface area contributed by atoms with Gasteiger partial charge >= 0.3 is 0 Å². The van der Waals surface area contributed by atoms with Gasteiger partial charge in [0.15, 0.2) is 0 Å². The molecule has 2 aliphatic carbocycles. The SMILES string of the molecule is Cc1nc(NC2CCCC2)cc(C(=O)NC2CCCCCC2)n1. The predicted molar refractivity (Wildman–Crippen MR) is 91.6 cm³/mol. The van der Waals surface area contributed by atoms with E-state index in [9.17, 15) is 4.79 Å². The minimum absolute atomic E-state index is 0.0585. The zero-order valence-corrected chi connectivity index (χ0v) is 14.1. The summed E-state index contributed by atoms with van der Waals surface area (Å²) in [6.07, 6.45) is 12.1. The molecule has 3 rings (SSSR count). The number of amides is 1. The average molecular weight is 316 g/mol. The van der Waals surface area contributed by atoms with Crippen molar-refractivity contribution in [1.29, 1.82) is 0 Å². The molecular weight excluding hydrogens is 288 g/mol. The Kier molecular flexibility index (Phi) is 5.47. The van der Waals surface area contributed by atoms with Gasteiger partial charge in [0.2, 0.25) is 0 Å². The molecule has 2 aliphatic rings. The third-order valence-electron chi connectivity index (χ3n) is 4.97. The Balaban J connectivity index is 1.65. The van der Waals surface area contributed by atoms with E-state index in [1.54, 1.807) is 6.07 Å². The van der Waals surface area contributed by atoms with Crippen LogP contribution >= 0.6 is 0 Å². The maximum absolute atomic E-state index is 12.5. The Morgan fingerprint density at radius 1 is 0.957 bits per heavy atom. The molecule has 5 nitrogen and oxygen atoms in total. The Bertz CT molecular complexity index is 532. The van der Waals surface area contributed by atoms with Gasteiger partial charge in [0.1, 0.15) is 17.3 Å². The lowest BCUT2D eigenvalue weighted by Crippen LogP contribution is -2.35. The first-order valence-corrected chi connectivity index (χ1v) is 9.14. The number of aryl methyl sites for hydroxylation is 1. The number of carbonyl (C=O) groups is 1. The highest BCUT2D eigenvalue weighted by molar-refractivity contribution is 5.93. The first-order chi connectivity index (χ1) is 11.2. The minimum Gasteiger partial charge on any atom is -0.367 e. The van der Waals surface area contributed by atoms with Crippen LogP contribution in [0.4, 0.5) is 5.82 Å². The lowest BCUT2D eigenvalue weighted by Gasteiger charge is -2.17. The lowest BCUT2D eigenvalue weighted by molar-refractivity contribution is 0.0928. The highest BCUT2D eigenvalue weighted by Crippen LogP contribution is 2.22. The Morgan fingerprint density at radius 3 is 2.26 bits per heavy atom. The van der Waals surface area contributed by atoms with E-state index in [4.69, 9.17) is 0 Å². The van der Waals surface area contributed by atoms with E-state index in [2.05, 4.69) is 20.6 Å². The van der Waals surface area contributed by atoms with Gasteiger partial charge < -0.3 is 10.6 Å². The first kappa shape index (κ1) is 16.2. The molecule has 5 heteroatoms. The molecule has 0 atom stereocenters. The van der Waals surface area contributed by atoms with Crippen molar-refractivity contribution in [2.45, 2.75) is 83.2 Å². The summed E-state index contributed by atoms with van der Waals surface area (Å²) >= 11 is 0. The second-order valence-electron chi connectivity index (χ2n) is 6.97. The van der Waals surface area contributed by atoms with Crippen molar-refractivity contribution in [3.05, 3.63) is 17.6 Å². The van der Waals surface area contributed by atoms with E-state index in [-0.39, 0.29) is 5.91 Å². The predicted octanol–water partition coefficient (Wildman–Crippen LogP) is 3.59. The number of hydrogen-bond acceptors (Lipinski definition) is 4. The van der Waals surface area contributed by atoms with Crippen LogP contribution in [0, 0.1) is 6.92 Å². The van der Waals surface area contributed by atoms with Gasteiger partial charge in [-0.3, -0.25) is 4.79 Å². The van der Waals surface area contributed by atoms with Crippen molar-refractivity contribution < 1.29 is 4.79 Å². The molecule has 2 N–H and O–H groups in total. The fourth-order valence-electron chi connectivity index (χ4n) is 3.72. The molecular formula is C18H28N4O. The van der Waals surface area contributed by atoms with Gasteiger partial charge in [0.25, 0.3) is 5.91 Å². The van der Waals surface area contributed by atoms with Crippen molar-refractivity contribution in [3.8, 4) is 0 Å². The fraction of sp³-hybridized carbons (Fsp3) is 0.722. The maximum Gasteiger partial charge on any atom is 0.270 e. The Labute approximate surface area is 138 Å². The van der Waals surface area contributed by atoms with Crippen LogP contribution in [0.3, 0.4) is 0 Å². The van der Waals surface area contributed by atoms with Crippen molar-refractivity contribution in [3.63, 3.8) is 0 Å². The molecule has 126 valence electrons. The number of nitrogens with one attached hydrogen (secondary N) is 2. The number of anilines is 1. The molecule has 1 aromatic heterocycles. The van der Waals surface area contributed by atoms with Crippen molar-refractivity contribution >= 4 is 11.7 Å². The topological polar surface area (TPSA) is 66.9 Å². The monoisotopic (exact) mass is 316 g/mol. The van der Waals surface area contributed by atoms with Crippen LogP contribution in [-0.4, -0.2) is 28.0 Å². The first-order valence-electron chi connectivity index (χ1n) is 9.14. The van der Waals surface area contributed by atoms with Gasteiger partial charge in [-0.2, -0.15) is 0 Å². The molecule has 23 heavy (non-hydrogen) atoms. The summed E-state index contributed by atoms with van der Waals surface area (Å²) in [5, 5.41) is 6.63. The number of carbonyl (C=O) groups excluding carboxylic acids is 1. The van der Waals surface area contributed by atoms with Crippen LogP contribution in [0.1, 0.15) is 80.5 Å². The average Bonchev–Trinajstić information content (AvgIpc) is 2.89. The highest BCUT2D eigenvalue weighted by atomic mass is 16.1. The smallest absolute Gasteiger partial charge is 0.270 e. The summed E-state index contributed by atoms with van der Waals surface area (Å²) in [5.74, 6) is 1.38.